The zero-order valence-electron chi connectivity index (χ0n) is 20.5. The van der Waals surface area contributed by atoms with Gasteiger partial charge in [0.1, 0.15) is 10.6 Å². The molecule has 0 amide bonds. The summed E-state index contributed by atoms with van der Waals surface area (Å²) in [4.78, 5) is 25.1. The van der Waals surface area contributed by atoms with Gasteiger partial charge in [0, 0.05) is 12.2 Å². The van der Waals surface area contributed by atoms with Gasteiger partial charge in [-0.3, -0.25) is 4.79 Å². The molecule has 1 atom stereocenters. The summed E-state index contributed by atoms with van der Waals surface area (Å²) in [6, 6.07) is 16.4. The van der Waals surface area contributed by atoms with E-state index in [2.05, 4.69) is 0 Å². The van der Waals surface area contributed by atoms with Gasteiger partial charge in [-0.2, -0.15) is 0 Å². The van der Waals surface area contributed by atoms with Gasteiger partial charge in [0.25, 0.3) is 5.56 Å². The second kappa shape index (κ2) is 11.4. The van der Waals surface area contributed by atoms with Crippen LogP contribution in [0.3, 0.4) is 0 Å². The van der Waals surface area contributed by atoms with E-state index >= 15 is 0 Å². The maximum Gasteiger partial charge on any atom is 0.338 e. The molecule has 5 nitrogen and oxygen atoms in total. The number of aromatic nitrogens is 1. The maximum atomic E-state index is 12.9. The smallest absolute Gasteiger partial charge is 0.338 e. The number of aliphatic hydroxyl groups is 1. The molecule has 7 heteroatoms. The summed E-state index contributed by atoms with van der Waals surface area (Å²) in [6.45, 7) is 7.61. The van der Waals surface area contributed by atoms with Crippen LogP contribution in [-0.4, -0.2) is 21.2 Å². The molecule has 0 radical (unpaired) electrons. The van der Waals surface area contributed by atoms with Crippen molar-refractivity contribution in [2.45, 2.75) is 65.2 Å². The third-order valence-electron chi connectivity index (χ3n) is 5.60. The first kappa shape index (κ1) is 27.0. The number of esters is 1. The molecule has 3 aromatic rings. The Morgan fingerprint density at radius 1 is 0.971 bits per heavy atom. The molecule has 0 aliphatic heterocycles. The van der Waals surface area contributed by atoms with Crippen molar-refractivity contribution in [1.29, 1.82) is 0 Å². The number of carbonyl (C=O) groups excluding carboxylic acids is 1. The fourth-order valence-electron chi connectivity index (χ4n) is 3.78. The second-order valence-corrected chi connectivity index (χ2v) is 10.4. The highest BCUT2D eigenvalue weighted by Gasteiger charge is 2.18. The molecule has 1 heterocycles. The van der Waals surface area contributed by atoms with E-state index in [4.69, 9.17) is 27.9 Å². The van der Waals surface area contributed by atoms with Crippen molar-refractivity contribution in [3.05, 3.63) is 103 Å². The predicted octanol–water partition coefficient (Wildman–Crippen LogP) is 6.19. The van der Waals surface area contributed by atoms with Crippen molar-refractivity contribution in [2.24, 2.45) is 0 Å². The van der Waals surface area contributed by atoms with Crippen LogP contribution in [-0.2, 0) is 30.5 Å². The van der Waals surface area contributed by atoms with E-state index < -0.39 is 11.7 Å². The van der Waals surface area contributed by atoms with Gasteiger partial charge >= 0.3 is 5.97 Å². The number of pyridine rings is 1. The zero-order valence-corrected chi connectivity index (χ0v) is 22.0. The molecule has 2 aromatic carbocycles. The number of benzene rings is 2. The SMILES string of the molecule is CC(O)c1cccc(CCc2c(Cl)cc(Cl)c(=O)n2CCc2ccc(C(=O)OC(C)(C)C)cc2)c1. The van der Waals surface area contributed by atoms with E-state index in [-0.39, 0.29) is 16.6 Å². The number of rotatable bonds is 8. The zero-order chi connectivity index (χ0) is 25.8. The number of hydrogen-bond acceptors (Lipinski definition) is 4. The summed E-state index contributed by atoms with van der Waals surface area (Å²) in [5, 5.41) is 10.4. The highest BCUT2D eigenvalue weighted by molar-refractivity contribution is 6.34. The molecule has 35 heavy (non-hydrogen) atoms. The molecule has 1 unspecified atom stereocenters. The van der Waals surface area contributed by atoms with Crippen LogP contribution in [0.5, 0.6) is 0 Å². The number of carbonyl (C=O) groups is 1. The number of ether oxygens (including phenoxy) is 1. The Morgan fingerprint density at radius 3 is 2.29 bits per heavy atom. The Balaban J connectivity index is 1.76. The van der Waals surface area contributed by atoms with Gasteiger partial charge in [0.15, 0.2) is 0 Å². The number of hydrogen-bond donors (Lipinski definition) is 1. The molecule has 0 fully saturated rings. The monoisotopic (exact) mass is 515 g/mol. The predicted molar refractivity (Wildman–Crippen MR) is 141 cm³/mol. The molecule has 1 aromatic heterocycles. The molecule has 0 spiro atoms. The lowest BCUT2D eigenvalue weighted by Crippen LogP contribution is -2.26. The lowest BCUT2D eigenvalue weighted by molar-refractivity contribution is 0.00695. The van der Waals surface area contributed by atoms with Crippen molar-refractivity contribution >= 4 is 29.2 Å². The number of aryl methyl sites for hydroxylation is 2. The van der Waals surface area contributed by atoms with Gasteiger partial charge in [-0.25, -0.2) is 4.79 Å². The first-order valence-corrected chi connectivity index (χ1v) is 12.4. The van der Waals surface area contributed by atoms with Crippen LogP contribution in [0.2, 0.25) is 10.0 Å². The van der Waals surface area contributed by atoms with Crippen molar-refractivity contribution in [2.75, 3.05) is 0 Å². The molecule has 0 saturated heterocycles. The Kier molecular flexibility index (Phi) is 8.81. The van der Waals surface area contributed by atoms with Crippen LogP contribution in [0.15, 0.2) is 59.4 Å². The largest absolute Gasteiger partial charge is 0.456 e. The number of aliphatic hydroxyl groups excluding tert-OH is 1. The van der Waals surface area contributed by atoms with Crippen LogP contribution in [0.1, 0.15) is 66.5 Å². The van der Waals surface area contributed by atoms with Crippen LogP contribution in [0.4, 0.5) is 0 Å². The molecular weight excluding hydrogens is 485 g/mol. The molecule has 3 rings (SSSR count). The van der Waals surface area contributed by atoms with Gasteiger partial charge in [-0.1, -0.05) is 59.6 Å². The van der Waals surface area contributed by atoms with Crippen molar-refractivity contribution in [3.63, 3.8) is 0 Å². The van der Waals surface area contributed by atoms with Crippen LogP contribution < -0.4 is 5.56 Å². The molecular formula is C28H31Cl2NO4. The van der Waals surface area contributed by atoms with Crippen LogP contribution >= 0.6 is 23.2 Å². The minimum absolute atomic E-state index is 0.0788. The van der Waals surface area contributed by atoms with Gasteiger partial charge in [0.05, 0.1) is 16.7 Å². The fraction of sp³-hybridized carbons (Fsp3) is 0.357. The fourth-order valence-corrected chi connectivity index (χ4v) is 4.36. The van der Waals surface area contributed by atoms with E-state index in [9.17, 15) is 14.7 Å². The van der Waals surface area contributed by atoms with E-state index in [0.29, 0.717) is 42.1 Å². The summed E-state index contributed by atoms with van der Waals surface area (Å²) < 4.78 is 7.04. The third kappa shape index (κ3) is 7.44. The van der Waals surface area contributed by atoms with Crippen LogP contribution in [0.25, 0.3) is 0 Å². The molecule has 0 bridgehead atoms. The highest BCUT2D eigenvalue weighted by atomic mass is 35.5. The molecule has 186 valence electrons. The van der Waals surface area contributed by atoms with E-state index in [1.165, 1.54) is 6.07 Å². The van der Waals surface area contributed by atoms with Crippen molar-refractivity contribution in [1.82, 2.24) is 4.57 Å². The molecule has 0 saturated carbocycles. The van der Waals surface area contributed by atoms with Gasteiger partial charge in [-0.15, -0.1) is 0 Å². The summed E-state index contributed by atoms with van der Waals surface area (Å²) in [7, 11) is 0. The molecule has 0 aliphatic rings. The quantitative estimate of drug-likeness (QED) is 0.363. The lowest BCUT2D eigenvalue weighted by atomic mass is 10.0. The first-order chi connectivity index (χ1) is 16.4. The summed E-state index contributed by atoms with van der Waals surface area (Å²) >= 11 is 12.7. The van der Waals surface area contributed by atoms with Gasteiger partial charge in [0.2, 0.25) is 0 Å². The van der Waals surface area contributed by atoms with Gasteiger partial charge < -0.3 is 14.4 Å². The average Bonchev–Trinajstić information content (AvgIpc) is 2.79. The van der Waals surface area contributed by atoms with Crippen LogP contribution in [0, 0.1) is 0 Å². The normalized spacial score (nSPS) is 12.4. The minimum Gasteiger partial charge on any atom is -0.456 e. The Morgan fingerprint density at radius 2 is 1.66 bits per heavy atom. The average molecular weight is 516 g/mol. The second-order valence-electron chi connectivity index (χ2n) is 9.61. The third-order valence-corrected chi connectivity index (χ3v) is 6.20. The van der Waals surface area contributed by atoms with Crippen molar-refractivity contribution < 1.29 is 14.6 Å². The number of nitrogens with zero attached hydrogens (tertiary/aromatic N) is 1. The number of halogens is 2. The van der Waals surface area contributed by atoms with Gasteiger partial charge in [-0.05, 0) is 81.8 Å². The summed E-state index contributed by atoms with van der Waals surface area (Å²) in [6.07, 6.45) is 1.22. The van der Waals surface area contributed by atoms with E-state index in [0.717, 1.165) is 16.7 Å². The minimum atomic E-state index is -0.559. The van der Waals surface area contributed by atoms with E-state index in [1.807, 2.05) is 57.2 Å². The maximum absolute atomic E-state index is 12.9. The Bertz CT molecular complexity index is 1240. The first-order valence-electron chi connectivity index (χ1n) is 11.6. The highest BCUT2D eigenvalue weighted by Crippen LogP contribution is 2.22. The lowest BCUT2D eigenvalue weighted by Gasteiger charge is -2.19. The standard InChI is InChI=1S/C28H31Cl2NO4/c1-18(32)22-7-5-6-20(16-22)10-13-25-23(29)17-24(30)26(33)31(25)15-14-19-8-11-21(12-9-19)27(34)35-28(2,3)4/h5-9,11-12,16-18,32H,10,13-15H2,1-4H3. The van der Waals surface area contributed by atoms with E-state index in [1.54, 1.807) is 23.6 Å². The van der Waals surface area contributed by atoms with Crippen molar-refractivity contribution in [3.8, 4) is 0 Å². The Labute approximate surface area is 216 Å². The summed E-state index contributed by atoms with van der Waals surface area (Å²) in [5.41, 5.74) is 3.21. The Hall–Kier alpha value is -2.60. The molecule has 1 N–H and O–H groups in total. The topological polar surface area (TPSA) is 68.5 Å². The molecule has 0 aliphatic carbocycles. The summed E-state index contributed by atoms with van der Waals surface area (Å²) in [5.74, 6) is -0.371.